The van der Waals surface area contributed by atoms with Crippen molar-refractivity contribution in [2.75, 3.05) is 13.6 Å². The van der Waals surface area contributed by atoms with E-state index in [1.807, 2.05) is 31.3 Å². The van der Waals surface area contributed by atoms with Gasteiger partial charge in [-0.05, 0) is 43.4 Å². The Kier molecular flexibility index (Phi) is 5.84. The molecule has 21 heavy (non-hydrogen) atoms. The van der Waals surface area contributed by atoms with Gasteiger partial charge >= 0.3 is 0 Å². The zero-order valence-corrected chi connectivity index (χ0v) is 12.6. The Balaban J connectivity index is 1.94. The quantitative estimate of drug-likeness (QED) is 0.848. The van der Waals surface area contributed by atoms with Crippen LogP contribution >= 0.6 is 0 Å². The second-order valence-corrected chi connectivity index (χ2v) is 5.20. The van der Waals surface area contributed by atoms with Crippen LogP contribution in [0.4, 0.5) is 4.39 Å². The first-order valence-electron chi connectivity index (χ1n) is 7.26. The molecule has 0 saturated carbocycles. The lowest BCUT2D eigenvalue weighted by Crippen LogP contribution is -2.19. The number of rotatable bonds is 7. The number of pyridine rings is 1. The zero-order chi connectivity index (χ0) is 15.1. The first-order valence-corrected chi connectivity index (χ1v) is 7.26. The largest absolute Gasteiger partial charge is 0.311 e. The molecule has 0 aliphatic rings. The van der Waals surface area contributed by atoms with E-state index in [-0.39, 0.29) is 5.82 Å². The highest BCUT2D eigenvalue weighted by molar-refractivity contribution is 5.16. The highest BCUT2D eigenvalue weighted by Gasteiger charge is 2.04. The van der Waals surface area contributed by atoms with Gasteiger partial charge in [-0.2, -0.15) is 0 Å². The second-order valence-electron chi connectivity index (χ2n) is 5.20. The van der Waals surface area contributed by atoms with Crippen LogP contribution < -0.4 is 5.32 Å². The molecule has 1 heterocycles. The van der Waals surface area contributed by atoms with E-state index in [1.54, 1.807) is 12.1 Å². The summed E-state index contributed by atoms with van der Waals surface area (Å²) in [4.78, 5) is 6.76. The molecule has 0 unspecified atom stereocenters. The maximum Gasteiger partial charge on any atom is 0.123 e. The van der Waals surface area contributed by atoms with Crippen LogP contribution in [-0.2, 0) is 19.6 Å². The molecule has 1 N–H and O–H groups in total. The lowest BCUT2D eigenvalue weighted by molar-refractivity contribution is 0.314. The summed E-state index contributed by atoms with van der Waals surface area (Å²) >= 11 is 0. The fraction of sp³-hybridized carbons (Fsp3) is 0.353. The minimum Gasteiger partial charge on any atom is -0.311 e. The van der Waals surface area contributed by atoms with Crippen molar-refractivity contribution in [1.29, 1.82) is 0 Å². The number of aromatic nitrogens is 1. The average Bonchev–Trinajstić information content (AvgIpc) is 2.45. The lowest BCUT2D eigenvalue weighted by Gasteiger charge is -2.16. The molecular weight excluding hydrogens is 265 g/mol. The van der Waals surface area contributed by atoms with E-state index in [1.165, 1.54) is 6.07 Å². The number of nitrogens with zero attached hydrogens (tertiary/aromatic N) is 2. The van der Waals surface area contributed by atoms with Gasteiger partial charge in [-0.1, -0.05) is 25.1 Å². The summed E-state index contributed by atoms with van der Waals surface area (Å²) < 4.78 is 13.2. The van der Waals surface area contributed by atoms with Crippen LogP contribution in [0.1, 0.15) is 23.9 Å². The fourth-order valence-electron chi connectivity index (χ4n) is 2.25. The molecular formula is C17H22FN3. The Bertz CT molecular complexity index is 571. The molecule has 0 fully saturated rings. The average molecular weight is 287 g/mol. The van der Waals surface area contributed by atoms with Gasteiger partial charge in [0.05, 0.1) is 11.4 Å². The van der Waals surface area contributed by atoms with Gasteiger partial charge in [0.1, 0.15) is 5.82 Å². The van der Waals surface area contributed by atoms with Crippen LogP contribution in [-0.4, -0.2) is 23.5 Å². The molecule has 2 rings (SSSR count). The summed E-state index contributed by atoms with van der Waals surface area (Å²) in [6.45, 7) is 5.26. The van der Waals surface area contributed by atoms with Crippen molar-refractivity contribution >= 4 is 0 Å². The Morgan fingerprint density at radius 3 is 2.62 bits per heavy atom. The van der Waals surface area contributed by atoms with Gasteiger partial charge in [0, 0.05) is 19.6 Å². The van der Waals surface area contributed by atoms with Crippen LogP contribution in [0, 0.1) is 5.82 Å². The van der Waals surface area contributed by atoms with Crippen LogP contribution in [0.15, 0.2) is 42.5 Å². The molecule has 112 valence electrons. The summed E-state index contributed by atoms with van der Waals surface area (Å²) in [7, 11) is 2.02. The fourth-order valence-corrected chi connectivity index (χ4v) is 2.25. The van der Waals surface area contributed by atoms with Crippen LogP contribution in [0.2, 0.25) is 0 Å². The number of benzene rings is 1. The van der Waals surface area contributed by atoms with Crippen molar-refractivity contribution in [2.45, 2.75) is 26.6 Å². The molecule has 1 aromatic carbocycles. The van der Waals surface area contributed by atoms with Crippen molar-refractivity contribution in [2.24, 2.45) is 0 Å². The third kappa shape index (κ3) is 5.25. The summed E-state index contributed by atoms with van der Waals surface area (Å²) in [6.07, 6.45) is 0. The molecule has 0 aliphatic heterocycles. The van der Waals surface area contributed by atoms with Gasteiger partial charge in [-0.25, -0.2) is 4.39 Å². The predicted octanol–water partition coefficient (Wildman–Crippen LogP) is 2.96. The molecule has 0 spiro atoms. The Morgan fingerprint density at radius 2 is 1.86 bits per heavy atom. The van der Waals surface area contributed by atoms with Crippen LogP contribution in [0.25, 0.3) is 0 Å². The van der Waals surface area contributed by atoms with E-state index in [0.29, 0.717) is 6.54 Å². The van der Waals surface area contributed by atoms with Crippen molar-refractivity contribution in [3.8, 4) is 0 Å². The molecule has 0 atom stereocenters. The third-order valence-corrected chi connectivity index (χ3v) is 3.19. The van der Waals surface area contributed by atoms with Crippen molar-refractivity contribution in [1.82, 2.24) is 15.2 Å². The molecule has 0 bridgehead atoms. The second kappa shape index (κ2) is 7.86. The highest BCUT2D eigenvalue weighted by Crippen LogP contribution is 2.09. The number of nitrogens with one attached hydrogen (secondary N) is 1. The van der Waals surface area contributed by atoms with Gasteiger partial charge in [0.15, 0.2) is 0 Å². The molecule has 1 aromatic heterocycles. The Hall–Kier alpha value is -1.78. The zero-order valence-electron chi connectivity index (χ0n) is 12.6. The number of hydrogen-bond acceptors (Lipinski definition) is 3. The van der Waals surface area contributed by atoms with Crippen molar-refractivity contribution in [3.63, 3.8) is 0 Å². The normalized spacial score (nSPS) is 11.0. The van der Waals surface area contributed by atoms with Crippen LogP contribution in [0.3, 0.4) is 0 Å². The summed E-state index contributed by atoms with van der Waals surface area (Å²) in [5, 5.41) is 3.27. The van der Waals surface area contributed by atoms with Gasteiger partial charge in [0.2, 0.25) is 0 Å². The smallest absolute Gasteiger partial charge is 0.123 e. The molecule has 2 aromatic rings. The SMILES string of the molecule is CCNCc1cccc(CN(C)Cc2cccc(F)c2)n1. The number of halogens is 1. The van der Waals surface area contributed by atoms with E-state index < -0.39 is 0 Å². The lowest BCUT2D eigenvalue weighted by atomic mass is 10.2. The Labute approximate surface area is 125 Å². The molecule has 0 saturated heterocycles. The van der Waals surface area contributed by atoms with E-state index in [2.05, 4.69) is 22.1 Å². The first-order chi connectivity index (χ1) is 10.2. The van der Waals surface area contributed by atoms with Gasteiger partial charge < -0.3 is 5.32 Å². The van der Waals surface area contributed by atoms with E-state index in [0.717, 1.165) is 36.6 Å². The Morgan fingerprint density at radius 1 is 1.10 bits per heavy atom. The topological polar surface area (TPSA) is 28.2 Å². The first kappa shape index (κ1) is 15.6. The summed E-state index contributed by atoms with van der Waals surface area (Å²) in [5.74, 6) is -0.188. The van der Waals surface area contributed by atoms with Crippen molar-refractivity contribution < 1.29 is 4.39 Å². The number of hydrogen-bond donors (Lipinski definition) is 1. The van der Waals surface area contributed by atoms with Gasteiger partial charge in [0.25, 0.3) is 0 Å². The highest BCUT2D eigenvalue weighted by atomic mass is 19.1. The minimum absolute atomic E-state index is 0.188. The summed E-state index contributed by atoms with van der Waals surface area (Å²) in [6, 6.07) is 12.8. The van der Waals surface area contributed by atoms with E-state index in [4.69, 9.17) is 0 Å². The maximum absolute atomic E-state index is 13.2. The van der Waals surface area contributed by atoms with E-state index in [9.17, 15) is 4.39 Å². The predicted molar refractivity (Wildman–Crippen MR) is 83.2 cm³/mol. The van der Waals surface area contributed by atoms with Crippen LogP contribution in [0.5, 0.6) is 0 Å². The molecule has 0 radical (unpaired) electrons. The summed E-state index contributed by atoms with van der Waals surface area (Å²) in [5.41, 5.74) is 3.05. The molecule has 3 nitrogen and oxygen atoms in total. The monoisotopic (exact) mass is 287 g/mol. The van der Waals surface area contributed by atoms with Gasteiger partial charge in [-0.15, -0.1) is 0 Å². The minimum atomic E-state index is -0.188. The molecule has 0 aliphatic carbocycles. The van der Waals surface area contributed by atoms with Gasteiger partial charge in [-0.3, -0.25) is 9.88 Å². The van der Waals surface area contributed by atoms with Crippen molar-refractivity contribution in [3.05, 3.63) is 65.2 Å². The maximum atomic E-state index is 13.2. The molecule has 4 heteroatoms. The molecule has 0 amide bonds. The third-order valence-electron chi connectivity index (χ3n) is 3.19. The standard InChI is InChI=1S/C17H22FN3/c1-3-19-11-16-8-5-9-17(20-16)13-21(2)12-14-6-4-7-15(18)10-14/h4-10,19H,3,11-13H2,1-2H3. The van der Waals surface area contributed by atoms with E-state index >= 15 is 0 Å².